The highest BCUT2D eigenvalue weighted by molar-refractivity contribution is 9.10. The minimum Gasteiger partial charge on any atom is -0.366 e. The van der Waals surface area contributed by atoms with Crippen molar-refractivity contribution in [2.45, 2.75) is 31.2 Å². The standard InChI is InChI=1S/C14H18BrFN2/c15-11-3-4-13(12(16)9-11)18-8-7-17-14(10-18)5-1-2-6-14/h3-4,9,17H,1-2,5-8,10H2. The Bertz CT molecular complexity index is 443. The lowest BCUT2D eigenvalue weighted by molar-refractivity contribution is 0.302. The number of benzene rings is 1. The van der Waals surface area contributed by atoms with Crippen LogP contribution in [0.4, 0.5) is 10.1 Å². The first-order valence-corrected chi connectivity index (χ1v) is 7.43. The molecule has 0 atom stereocenters. The quantitative estimate of drug-likeness (QED) is 0.856. The number of halogens is 2. The third kappa shape index (κ3) is 2.28. The zero-order valence-corrected chi connectivity index (χ0v) is 12.0. The van der Waals surface area contributed by atoms with E-state index in [0.717, 1.165) is 29.8 Å². The summed E-state index contributed by atoms with van der Waals surface area (Å²) >= 11 is 3.31. The van der Waals surface area contributed by atoms with E-state index >= 15 is 0 Å². The summed E-state index contributed by atoms with van der Waals surface area (Å²) in [6.45, 7) is 2.78. The molecule has 0 unspecified atom stereocenters. The van der Waals surface area contributed by atoms with Crippen molar-refractivity contribution in [2.24, 2.45) is 0 Å². The molecule has 1 saturated heterocycles. The van der Waals surface area contributed by atoms with Gasteiger partial charge in [-0.3, -0.25) is 0 Å². The molecule has 1 aliphatic carbocycles. The molecule has 1 saturated carbocycles. The van der Waals surface area contributed by atoms with Crippen molar-refractivity contribution in [2.75, 3.05) is 24.5 Å². The van der Waals surface area contributed by atoms with Crippen LogP contribution >= 0.6 is 15.9 Å². The Labute approximate surface area is 116 Å². The molecule has 1 heterocycles. The van der Waals surface area contributed by atoms with Crippen LogP contribution in [0.15, 0.2) is 22.7 Å². The molecule has 2 aliphatic rings. The summed E-state index contributed by atoms with van der Waals surface area (Å²) in [7, 11) is 0. The molecule has 0 amide bonds. The Morgan fingerprint density at radius 2 is 2.06 bits per heavy atom. The number of hydrogen-bond acceptors (Lipinski definition) is 2. The minimum atomic E-state index is -0.126. The summed E-state index contributed by atoms with van der Waals surface area (Å²) in [5.74, 6) is -0.126. The van der Waals surface area contributed by atoms with Crippen LogP contribution in [0.1, 0.15) is 25.7 Å². The Morgan fingerprint density at radius 3 is 2.78 bits per heavy atom. The summed E-state index contributed by atoms with van der Waals surface area (Å²) in [4.78, 5) is 2.20. The molecular formula is C14H18BrFN2. The largest absolute Gasteiger partial charge is 0.366 e. The molecule has 1 aromatic rings. The molecule has 0 aromatic heterocycles. The van der Waals surface area contributed by atoms with Crippen LogP contribution in [0.25, 0.3) is 0 Å². The maximum Gasteiger partial charge on any atom is 0.147 e. The third-order valence-corrected chi connectivity index (χ3v) is 4.68. The predicted molar refractivity (Wildman–Crippen MR) is 75.5 cm³/mol. The first kappa shape index (κ1) is 12.4. The highest BCUT2D eigenvalue weighted by Crippen LogP contribution is 2.34. The van der Waals surface area contributed by atoms with Crippen molar-refractivity contribution < 1.29 is 4.39 Å². The van der Waals surface area contributed by atoms with E-state index in [1.54, 1.807) is 6.07 Å². The average Bonchev–Trinajstić information content (AvgIpc) is 2.77. The van der Waals surface area contributed by atoms with Crippen molar-refractivity contribution in [3.8, 4) is 0 Å². The summed E-state index contributed by atoms with van der Waals surface area (Å²) in [6.07, 6.45) is 5.04. The van der Waals surface area contributed by atoms with Crippen LogP contribution in [0.5, 0.6) is 0 Å². The first-order valence-electron chi connectivity index (χ1n) is 6.64. The van der Waals surface area contributed by atoms with Gasteiger partial charge >= 0.3 is 0 Å². The summed E-state index contributed by atoms with van der Waals surface area (Å²) in [5, 5.41) is 3.65. The van der Waals surface area contributed by atoms with Crippen molar-refractivity contribution in [3.05, 3.63) is 28.5 Å². The molecule has 2 fully saturated rings. The SMILES string of the molecule is Fc1cc(Br)ccc1N1CCNC2(CCCC2)C1. The lowest BCUT2D eigenvalue weighted by Crippen LogP contribution is -2.59. The second kappa shape index (κ2) is 4.82. The lowest BCUT2D eigenvalue weighted by Gasteiger charge is -2.42. The minimum absolute atomic E-state index is 0.126. The van der Waals surface area contributed by atoms with Crippen LogP contribution in [0.2, 0.25) is 0 Å². The van der Waals surface area contributed by atoms with E-state index in [2.05, 4.69) is 26.1 Å². The number of hydrogen-bond donors (Lipinski definition) is 1. The van der Waals surface area contributed by atoms with Crippen molar-refractivity contribution in [3.63, 3.8) is 0 Å². The summed E-state index contributed by atoms with van der Waals surface area (Å²) in [6, 6.07) is 5.36. The summed E-state index contributed by atoms with van der Waals surface area (Å²) in [5.41, 5.74) is 0.976. The van der Waals surface area contributed by atoms with Crippen molar-refractivity contribution in [1.29, 1.82) is 0 Å². The Morgan fingerprint density at radius 1 is 1.28 bits per heavy atom. The maximum atomic E-state index is 14.0. The van der Waals surface area contributed by atoms with Gasteiger partial charge in [0, 0.05) is 29.6 Å². The molecule has 0 radical (unpaired) electrons. The second-order valence-corrected chi connectivity index (χ2v) is 6.35. The zero-order valence-electron chi connectivity index (χ0n) is 10.4. The van der Waals surface area contributed by atoms with Gasteiger partial charge in [-0.25, -0.2) is 4.39 Å². The molecule has 1 spiro atoms. The smallest absolute Gasteiger partial charge is 0.147 e. The fourth-order valence-electron chi connectivity index (χ4n) is 3.29. The number of nitrogens with one attached hydrogen (secondary N) is 1. The zero-order chi connectivity index (χ0) is 12.6. The average molecular weight is 313 g/mol. The topological polar surface area (TPSA) is 15.3 Å². The van der Waals surface area contributed by atoms with Gasteiger partial charge in [0.1, 0.15) is 5.82 Å². The Kier molecular flexibility index (Phi) is 3.32. The molecule has 1 aliphatic heterocycles. The fraction of sp³-hybridized carbons (Fsp3) is 0.571. The van der Waals surface area contributed by atoms with Gasteiger partial charge in [-0.05, 0) is 31.0 Å². The lowest BCUT2D eigenvalue weighted by atomic mass is 9.94. The molecule has 1 N–H and O–H groups in total. The van der Waals surface area contributed by atoms with Gasteiger partial charge in [0.2, 0.25) is 0 Å². The van der Waals surface area contributed by atoms with Crippen LogP contribution in [0, 0.1) is 5.82 Å². The van der Waals surface area contributed by atoms with E-state index in [0.29, 0.717) is 0 Å². The predicted octanol–water partition coefficient (Wildman–Crippen LogP) is 3.31. The first-order chi connectivity index (χ1) is 8.69. The van der Waals surface area contributed by atoms with Gasteiger partial charge in [0.25, 0.3) is 0 Å². The van der Waals surface area contributed by atoms with Crippen LogP contribution in [-0.4, -0.2) is 25.2 Å². The number of anilines is 1. The molecule has 0 bridgehead atoms. The van der Waals surface area contributed by atoms with Crippen molar-refractivity contribution in [1.82, 2.24) is 5.32 Å². The van der Waals surface area contributed by atoms with E-state index < -0.39 is 0 Å². The Balaban J connectivity index is 1.83. The van der Waals surface area contributed by atoms with Crippen LogP contribution in [-0.2, 0) is 0 Å². The fourth-order valence-corrected chi connectivity index (χ4v) is 3.62. The van der Waals surface area contributed by atoms with E-state index in [9.17, 15) is 4.39 Å². The summed E-state index contributed by atoms with van der Waals surface area (Å²) < 4.78 is 14.8. The normalized spacial score (nSPS) is 22.7. The number of nitrogens with zero attached hydrogens (tertiary/aromatic N) is 1. The molecular weight excluding hydrogens is 295 g/mol. The molecule has 98 valence electrons. The second-order valence-electron chi connectivity index (χ2n) is 5.43. The molecule has 1 aromatic carbocycles. The van der Waals surface area contributed by atoms with E-state index in [4.69, 9.17) is 0 Å². The van der Waals surface area contributed by atoms with Gasteiger partial charge in [-0.15, -0.1) is 0 Å². The number of piperazine rings is 1. The highest BCUT2D eigenvalue weighted by Gasteiger charge is 2.38. The van der Waals surface area contributed by atoms with Crippen LogP contribution in [0.3, 0.4) is 0 Å². The molecule has 4 heteroatoms. The van der Waals surface area contributed by atoms with Gasteiger partial charge in [0.05, 0.1) is 5.69 Å². The monoisotopic (exact) mass is 312 g/mol. The van der Waals surface area contributed by atoms with Gasteiger partial charge in [0.15, 0.2) is 0 Å². The third-order valence-electron chi connectivity index (χ3n) is 4.19. The van der Waals surface area contributed by atoms with Gasteiger partial charge in [-0.2, -0.15) is 0 Å². The molecule has 3 rings (SSSR count). The molecule has 2 nitrogen and oxygen atoms in total. The molecule has 18 heavy (non-hydrogen) atoms. The maximum absolute atomic E-state index is 14.0. The van der Waals surface area contributed by atoms with Gasteiger partial charge in [-0.1, -0.05) is 28.8 Å². The van der Waals surface area contributed by atoms with Crippen LogP contribution < -0.4 is 10.2 Å². The van der Waals surface area contributed by atoms with Crippen molar-refractivity contribution >= 4 is 21.6 Å². The number of rotatable bonds is 1. The van der Waals surface area contributed by atoms with E-state index in [-0.39, 0.29) is 11.4 Å². The highest BCUT2D eigenvalue weighted by atomic mass is 79.9. The van der Waals surface area contributed by atoms with Gasteiger partial charge < -0.3 is 10.2 Å². The Hall–Kier alpha value is -0.610. The van der Waals surface area contributed by atoms with E-state index in [1.165, 1.54) is 25.7 Å². The van der Waals surface area contributed by atoms with E-state index in [1.807, 2.05) is 12.1 Å².